The summed E-state index contributed by atoms with van der Waals surface area (Å²) in [7, 11) is 1.73. The molecule has 148 valence electrons. The number of carbonyl (C=O) groups excluding carboxylic acids is 2. The van der Waals surface area contributed by atoms with Gasteiger partial charge in [-0.1, -0.05) is 12.1 Å². The molecule has 3 rings (SSSR count). The number of hydrogen-bond acceptors (Lipinski definition) is 6. The van der Waals surface area contributed by atoms with Crippen LogP contribution in [0.4, 0.5) is 11.4 Å². The fraction of sp³-hybridized carbons (Fsp3) is 0.300. The Balaban J connectivity index is 1.49. The molecular formula is C20H23N3O4S. The number of thioether (sulfide) groups is 1. The molecule has 2 N–H and O–H groups in total. The molecule has 7 nitrogen and oxygen atoms in total. The predicted molar refractivity (Wildman–Crippen MR) is 110 cm³/mol. The number of rotatable bonds is 7. The number of nitrogens with one attached hydrogen (secondary N) is 2. The SMILES string of the molecule is CSc1ccccc1NC(=O)CN(C)CC(=O)Nc1ccc2c(c1)OCCO2. The van der Waals surface area contributed by atoms with Crippen LogP contribution in [0.15, 0.2) is 47.4 Å². The number of amides is 2. The highest BCUT2D eigenvalue weighted by Crippen LogP contribution is 2.32. The number of para-hydroxylation sites is 1. The lowest BCUT2D eigenvalue weighted by molar-refractivity contribution is -0.119. The average molecular weight is 401 g/mol. The third kappa shape index (κ3) is 5.40. The van der Waals surface area contributed by atoms with Gasteiger partial charge >= 0.3 is 0 Å². The van der Waals surface area contributed by atoms with Crippen LogP contribution in [0.3, 0.4) is 0 Å². The lowest BCUT2D eigenvalue weighted by Gasteiger charge is -2.20. The van der Waals surface area contributed by atoms with Crippen LogP contribution in [-0.4, -0.2) is 56.3 Å². The van der Waals surface area contributed by atoms with Gasteiger partial charge in [-0.15, -0.1) is 11.8 Å². The largest absolute Gasteiger partial charge is 0.486 e. The molecule has 0 unspecified atom stereocenters. The smallest absolute Gasteiger partial charge is 0.238 e. The van der Waals surface area contributed by atoms with Crippen molar-refractivity contribution < 1.29 is 19.1 Å². The summed E-state index contributed by atoms with van der Waals surface area (Å²) >= 11 is 1.57. The molecule has 0 saturated heterocycles. The van der Waals surface area contributed by atoms with Crippen molar-refractivity contribution in [2.24, 2.45) is 0 Å². The van der Waals surface area contributed by atoms with Crippen molar-refractivity contribution in [2.75, 3.05) is 50.2 Å². The summed E-state index contributed by atoms with van der Waals surface area (Å²) < 4.78 is 11.0. The summed E-state index contributed by atoms with van der Waals surface area (Å²) in [6, 6.07) is 12.9. The topological polar surface area (TPSA) is 79.9 Å². The van der Waals surface area contributed by atoms with Gasteiger partial charge in [-0.3, -0.25) is 14.5 Å². The number of ether oxygens (including phenoxy) is 2. The van der Waals surface area contributed by atoms with Crippen molar-refractivity contribution in [3.63, 3.8) is 0 Å². The highest BCUT2D eigenvalue weighted by atomic mass is 32.2. The Hall–Kier alpha value is -2.71. The Morgan fingerprint density at radius 3 is 2.43 bits per heavy atom. The first kappa shape index (κ1) is 20.0. The highest BCUT2D eigenvalue weighted by molar-refractivity contribution is 7.98. The number of anilines is 2. The minimum absolute atomic E-state index is 0.0893. The molecule has 2 amide bonds. The van der Waals surface area contributed by atoms with Crippen LogP contribution in [0.25, 0.3) is 0 Å². The fourth-order valence-corrected chi connectivity index (χ4v) is 3.36. The predicted octanol–water partition coefficient (Wildman–Crippen LogP) is 2.69. The van der Waals surface area contributed by atoms with E-state index in [1.54, 1.807) is 41.9 Å². The highest BCUT2D eigenvalue weighted by Gasteiger charge is 2.15. The Bertz CT molecular complexity index is 859. The van der Waals surface area contributed by atoms with Gasteiger partial charge in [-0.2, -0.15) is 0 Å². The number of likely N-dealkylation sites (N-methyl/N-ethyl adjacent to an activating group) is 1. The van der Waals surface area contributed by atoms with E-state index in [1.807, 2.05) is 30.5 Å². The van der Waals surface area contributed by atoms with Gasteiger partial charge in [0.25, 0.3) is 0 Å². The van der Waals surface area contributed by atoms with E-state index in [4.69, 9.17) is 9.47 Å². The molecule has 1 aliphatic rings. The van der Waals surface area contributed by atoms with Gasteiger partial charge in [0.15, 0.2) is 11.5 Å². The van der Waals surface area contributed by atoms with Crippen LogP contribution in [0, 0.1) is 0 Å². The molecule has 0 radical (unpaired) electrons. The molecule has 2 aromatic carbocycles. The second-order valence-electron chi connectivity index (χ2n) is 6.33. The van der Waals surface area contributed by atoms with E-state index < -0.39 is 0 Å². The Morgan fingerprint density at radius 2 is 1.68 bits per heavy atom. The van der Waals surface area contributed by atoms with E-state index in [9.17, 15) is 9.59 Å². The minimum atomic E-state index is -0.212. The van der Waals surface area contributed by atoms with Crippen molar-refractivity contribution >= 4 is 35.0 Å². The second kappa shape index (κ2) is 9.48. The Labute approximate surface area is 168 Å². The maximum Gasteiger partial charge on any atom is 0.238 e. The summed E-state index contributed by atoms with van der Waals surface area (Å²) in [5.74, 6) is 0.903. The van der Waals surface area contributed by atoms with Gasteiger partial charge in [0, 0.05) is 16.6 Å². The van der Waals surface area contributed by atoms with E-state index in [-0.39, 0.29) is 24.9 Å². The van der Waals surface area contributed by atoms with Gasteiger partial charge in [0.05, 0.1) is 18.8 Å². The Kier molecular flexibility index (Phi) is 6.78. The Morgan fingerprint density at radius 1 is 1.00 bits per heavy atom. The maximum atomic E-state index is 12.3. The van der Waals surface area contributed by atoms with Crippen LogP contribution in [0.5, 0.6) is 11.5 Å². The van der Waals surface area contributed by atoms with E-state index in [0.717, 1.165) is 10.6 Å². The maximum absolute atomic E-state index is 12.3. The number of carbonyl (C=O) groups is 2. The lowest BCUT2D eigenvalue weighted by Crippen LogP contribution is -2.36. The van der Waals surface area contributed by atoms with Crippen LogP contribution < -0.4 is 20.1 Å². The van der Waals surface area contributed by atoms with Gasteiger partial charge in [-0.25, -0.2) is 0 Å². The molecular weight excluding hydrogens is 378 g/mol. The zero-order chi connectivity index (χ0) is 19.9. The van der Waals surface area contributed by atoms with Crippen molar-refractivity contribution in [1.29, 1.82) is 0 Å². The summed E-state index contributed by atoms with van der Waals surface area (Å²) in [6.45, 7) is 1.21. The van der Waals surface area contributed by atoms with Crippen LogP contribution in [-0.2, 0) is 9.59 Å². The van der Waals surface area contributed by atoms with Crippen LogP contribution in [0.2, 0.25) is 0 Å². The molecule has 0 fully saturated rings. The third-order valence-electron chi connectivity index (χ3n) is 4.03. The van der Waals surface area contributed by atoms with Gasteiger partial charge in [0.2, 0.25) is 11.8 Å². The summed E-state index contributed by atoms with van der Waals surface area (Å²) in [5, 5.41) is 5.70. The average Bonchev–Trinajstić information content (AvgIpc) is 2.68. The molecule has 1 heterocycles. The second-order valence-corrected chi connectivity index (χ2v) is 7.18. The molecule has 0 aliphatic carbocycles. The van der Waals surface area contributed by atoms with E-state index >= 15 is 0 Å². The molecule has 1 aliphatic heterocycles. The molecule has 0 saturated carbocycles. The fourth-order valence-electron chi connectivity index (χ4n) is 2.81. The molecule has 28 heavy (non-hydrogen) atoms. The normalized spacial score (nSPS) is 12.5. The van der Waals surface area contributed by atoms with Gasteiger partial charge < -0.3 is 20.1 Å². The van der Waals surface area contributed by atoms with E-state index in [1.165, 1.54) is 0 Å². The molecule has 0 spiro atoms. The van der Waals surface area contributed by atoms with Gasteiger partial charge in [0.1, 0.15) is 13.2 Å². The van der Waals surface area contributed by atoms with Crippen molar-refractivity contribution in [1.82, 2.24) is 4.90 Å². The standard InChI is InChI=1S/C20H23N3O4S/c1-23(13-20(25)22-15-5-3-4-6-18(15)28-2)12-19(24)21-14-7-8-16-17(11-14)27-10-9-26-16/h3-8,11H,9-10,12-13H2,1-2H3,(H,21,24)(H,22,25). The molecule has 0 aromatic heterocycles. The number of nitrogens with zero attached hydrogens (tertiary/aromatic N) is 1. The number of hydrogen-bond donors (Lipinski definition) is 2. The minimum Gasteiger partial charge on any atom is -0.486 e. The van der Waals surface area contributed by atoms with E-state index in [0.29, 0.717) is 30.4 Å². The third-order valence-corrected chi connectivity index (χ3v) is 4.83. The van der Waals surface area contributed by atoms with Crippen molar-refractivity contribution in [3.8, 4) is 11.5 Å². The number of fused-ring (bicyclic) bond motifs is 1. The first-order chi connectivity index (χ1) is 13.5. The van der Waals surface area contributed by atoms with Gasteiger partial charge in [-0.05, 0) is 37.6 Å². The van der Waals surface area contributed by atoms with E-state index in [2.05, 4.69) is 10.6 Å². The monoisotopic (exact) mass is 401 g/mol. The number of benzene rings is 2. The first-order valence-corrected chi connectivity index (χ1v) is 10.1. The zero-order valence-electron chi connectivity index (χ0n) is 15.9. The molecule has 2 aromatic rings. The molecule has 0 bridgehead atoms. The van der Waals surface area contributed by atoms with Crippen LogP contribution >= 0.6 is 11.8 Å². The zero-order valence-corrected chi connectivity index (χ0v) is 16.7. The molecule has 8 heteroatoms. The quantitative estimate of drug-likeness (QED) is 0.695. The summed E-state index contributed by atoms with van der Waals surface area (Å²) in [5.41, 5.74) is 1.40. The summed E-state index contributed by atoms with van der Waals surface area (Å²) in [6.07, 6.45) is 1.96. The van der Waals surface area contributed by atoms with Crippen LogP contribution in [0.1, 0.15) is 0 Å². The lowest BCUT2D eigenvalue weighted by atomic mass is 10.2. The molecule has 0 atom stereocenters. The van der Waals surface area contributed by atoms with Crippen molar-refractivity contribution in [3.05, 3.63) is 42.5 Å². The summed E-state index contributed by atoms with van der Waals surface area (Å²) in [4.78, 5) is 27.2. The van der Waals surface area contributed by atoms with Crippen molar-refractivity contribution in [2.45, 2.75) is 4.90 Å². The first-order valence-electron chi connectivity index (χ1n) is 8.86.